The fourth-order valence-corrected chi connectivity index (χ4v) is 3.31. The fourth-order valence-electron chi connectivity index (χ4n) is 3.31. The number of nitrogens with zero attached hydrogens (tertiary/aromatic N) is 2. The SMILES string of the molecule is O=C(NCc1ccc2c(c1)CCN(C1=CC=C1)CC2)c1ccccn1. The Hall–Kier alpha value is -2.88. The Labute approximate surface area is 147 Å². The van der Waals surface area contributed by atoms with E-state index in [0.717, 1.165) is 31.5 Å². The molecule has 1 aromatic carbocycles. The zero-order valence-corrected chi connectivity index (χ0v) is 14.1. The maximum absolute atomic E-state index is 12.1. The van der Waals surface area contributed by atoms with Crippen LogP contribution in [0.4, 0.5) is 0 Å². The van der Waals surface area contributed by atoms with Gasteiger partial charge in [0.1, 0.15) is 5.69 Å². The van der Waals surface area contributed by atoms with E-state index in [1.807, 2.05) is 12.1 Å². The predicted molar refractivity (Wildman–Crippen MR) is 98.1 cm³/mol. The van der Waals surface area contributed by atoms with Gasteiger partial charge in [-0.05, 0) is 53.8 Å². The minimum atomic E-state index is -0.134. The summed E-state index contributed by atoms with van der Waals surface area (Å²) < 4.78 is 0. The van der Waals surface area contributed by atoms with Crippen molar-refractivity contribution < 1.29 is 4.79 Å². The number of carbonyl (C=O) groups excluding carboxylic acids is 1. The molecule has 0 saturated heterocycles. The number of aromatic nitrogens is 1. The number of hydrogen-bond acceptors (Lipinski definition) is 3. The monoisotopic (exact) mass is 331 g/mol. The highest BCUT2D eigenvalue weighted by atomic mass is 16.1. The van der Waals surface area contributed by atoms with Crippen molar-refractivity contribution in [3.8, 4) is 0 Å². The summed E-state index contributed by atoms with van der Waals surface area (Å²) in [5.41, 5.74) is 5.76. The summed E-state index contributed by atoms with van der Waals surface area (Å²) in [5.74, 6) is -0.134. The van der Waals surface area contributed by atoms with Crippen LogP contribution in [0, 0.1) is 0 Å². The second-order valence-electron chi connectivity index (χ2n) is 6.44. The molecule has 1 N–H and O–H groups in total. The molecule has 126 valence electrons. The molecular weight excluding hydrogens is 310 g/mol. The van der Waals surface area contributed by atoms with Crippen molar-refractivity contribution in [2.45, 2.75) is 19.4 Å². The van der Waals surface area contributed by atoms with Crippen molar-refractivity contribution in [2.75, 3.05) is 13.1 Å². The highest BCUT2D eigenvalue weighted by Crippen LogP contribution is 2.22. The van der Waals surface area contributed by atoms with E-state index in [1.54, 1.807) is 12.3 Å². The molecule has 0 bridgehead atoms. The minimum absolute atomic E-state index is 0.134. The summed E-state index contributed by atoms with van der Waals surface area (Å²) in [6, 6.07) is 11.9. The summed E-state index contributed by atoms with van der Waals surface area (Å²) >= 11 is 0. The van der Waals surface area contributed by atoms with Crippen LogP contribution >= 0.6 is 0 Å². The first-order valence-electron chi connectivity index (χ1n) is 8.73. The van der Waals surface area contributed by atoms with Crippen LogP contribution in [0.3, 0.4) is 0 Å². The molecule has 2 heterocycles. The molecule has 1 aliphatic carbocycles. The molecule has 4 heteroatoms. The lowest BCUT2D eigenvalue weighted by molar-refractivity contribution is 0.0946. The topological polar surface area (TPSA) is 45.2 Å². The molecule has 4 rings (SSSR count). The number of allylic oxidation sites excluding steroid dienone is 3. The zero-order valence-electron chi connectivity index (χ0n) is 14.1. The standard InChI is InChI=1S/C21H21N3O/c25-21(20-6-1-2-11-22-20)23-15-16-7-8-17-9-12-24(19-4-3-5-19)13-10-18(17)14-16/h1-8,11,14H,9-10,12-13,15H2,(H,23,25). The van der Waals surface area contributed by atoms with Gasteiger partial charge in [0.15, 0.2) is 0 Å². The Bertz CT molecular complexity index is 839. The quantitative estimate of drug-likeness (QED) is 0.937. The van der Waals surface area contributed by atoms with Crippen LogP contribution in [-0.4, -0.2) is 28.9 Å². The molecule has 25 heavy (non-hydrogen) atoms. The molecule has 2 aliphatic rings. The lowest BCUT2D eigenvalue weighted by Crippen LogP contribution is -2.26. The molecule has 2 aromatic rings. The van der Waals surface area contributed by atoms with Gasteiger partial charge in [-0.1, -0.05) is 30.3 Å². The summed E-state index contributed by atoms with van der Waals surface area (Å²) in [7, 11) is 0. The number of rotatable bonds is 4. The number of amides is 1. The summed E-state index contributed by atoms with van der Waals surface area (Å²) in [6.07, 6.45) is 10.2. The molecule has 0 fully saturated rings. The first-order valence-corrected chi connectivity index (χ1v) is 8.73. The van der Waals surface area contributed by atoms with Gasteiger partial charge in [0.05, 0.1) is 0 Å². The molecule has 0 spiro atoms. The normalized spacial score (nSPS) is 15.7. The molecule has 0 radical (unpaired) electrons. The van der Waals surface area contributed by atoms with E-state index in [1.165, 1.54) is 16.8 Å². The van der Waals surface area contributed by atoms with Crippen LogP contribution < -0.4 is 5.32 Å². The molecule has 0 unspecified atom stereocenters. The molecule has 1 aliphatic heterocycles. The van der Waals surface area contributed by atoms with Crippen LogP contribution in [0.5, 0.6) is 0 Å². The van der Waals surface area contributed by atoms with Crippen LogP contribution in [0.25, 0.3) is 0 Å². The van der Waals surface area contributed by atoms with Gasteiger partial charge in [0.25, 0.3) is 5.91 Å². The second-order valence-corrected chi connectivity index (χ2v) is 6.44. The molecule has 0 saturated carbocycles. The van der Waals surface area contributed by atoms with Gasteiger partial charge in [0.2, 0.25) is 0 Å². The van der Waals surface area contributed by atoms with Crippen LogP contribution in [0.1, 0.15) is 27.2 Å². The van der Waals surface area contributed by atoms with Gasteiger partial charge in [0, 0.05) is 31.5 Å². The van der Waals surface area contributed by atoms with E-state index in [4.69, 9.17) is 0 Å². The highest BCUT2D eigenvalue weighted by Gasteiger charge is 2.16. The third-order valence-electron chi connectivity index (χ3n) is 4.82. The average Bonchev–Trinajstić information content (AvgIpc) is 2.81. The van der Waals surface area contributed by atoms with Crippen molar-refractivity contribution >= 4 is 5.91 Å². The first kappa shape index (κ1) is 15.6. The van der Waals surface area contributed by atoms with E-state index >= 15 is 0 Å². The van der Waals surface area contributed by atoms with Gasteiger partial charge in [-0.15, -0.1) is 0 Å². The lowest BCUT2D eigenvalue weighted by atomic mass is 10.00. The third kappa shape index (κ3) is 3.48. The zero-order chi connectivity index (χ0) is 17.1. The Morgan fingerprint density at radius 1 is 1.12 bits per heavy atom. The maximum atomic E-state index is 12.1. The Balaban J connectivity index is 1.40. The molecular formula is C21H21N3O. The van der Waals surface area contributed by atoms with Gasteiger partial charge in [-0.25, -0.2) is 0 Å². The number of benzene rings is 1. The van der Waals surface area contributed by atoms with Gasteiger partial charge < -0.3 is 10.2 Å². The van der Waals surface area contributed by atoms with E-state index in [0.29, 0.717) is 12.2 Å². The van der Waals surface area contributed by atoms with Crippen molar-refractivity contribution in [1.82, 2.24) is 15.2 Å². The minimum Gasteiger partial charge on any atom is -0.371 e. The largest absolute Gasteiger partial charge is 0.371 e. The van der Waals surface area contributed by atoms with Crippen LogP contribution in [-0.2, 0) is 19.4 Å². The number of carbonyl (C=O) groups is 1. The van der Waals surface area contributed by atoms with E-state index in [9.17, 15) is 4.79 Å². The summed E-state index contributed by atoms with van der Waals surface area (Å²) in [5, 5.41) is 2.95. The van der Waals surface area contributed by atoms with E-state index in [2.05, 4.69) is 51.6 Å². The average molecular weight is 331 g/mol. The Kier molecular flexibility index (Phi) is 4.34. The number of pyridine rings is 1. The van der Waals surface area contributed by atoms with Gasteiger partial charge in [-0.3, -0.25) is 9.78 Å². The Morgan fingerprint density at radius 2 is 1.96 bits per heavy atom. The predicted octanol–water partition coefficient (Wildman–Crippen LogP) is 2.87. The summed E-state index contributed by atoms with van der Waals surface area (Å²) in [6.45, 7) is 2.64. The van der Waals surface area contributed by atoms with E-state index < -0.39 is 0 Å². The highest BCUT2D eigenvalue weighted by molar-refractivity contribution is 5.92. The maximum Gasteiger partial charge on any atom is 0.270 e. The Morgan fingerprint density at radius 3 is 2.68 bits per heavy atom. The van der Waals surface area contributed by atoms with Crippen molar-refractivity contribution in [3.63, 3.8) is 0 Å². The molecule has 4 nitrogen and oxygen atoms in total. The van der Waals surface area contributed by atoms with E-state index in [-0.39, 0.29) is 5.91 Å². The third-order valence-corrected chi connectivity index (χ3v) is 4.82. The van der Waals surface area contributed by atoms with Crippen LogP contribution in [0.15, 0.2) is 66.5 Å². The van der Waals surface area contributed by atoms with Gasteiger partial charge in [-0.2, -0.15) is 0 Å². The first-order chi connectivity index (χ1) is 12.3. The summed E-state index contributed by atoms with van der Waals surface area (Å²) in [4.78, 5) is 18.7. The molecule has 1 amide bonds. The number of hydrogen-bond donors (Lipinski definition) is 1. The fraction of sp³-hybridized carbons (Fsp3) is 0.238. The van der Waals surface area contributed by atoms with Crippen molar-refractivity contribution in [1.29, 1.82) is 0 Å². The number of fused-ring (bicyclic) bond motifs is 1. The lowest BCUT2D eigenvalue weighted by Gasteiger charge is -2.26. The van der Waals surface area contributed by atoms with Crippen molar-refractivity contribution in [2.24, 2.45) is 0 Å². The number of nitrogens with one attached hydrogen (secondary N) is 1. The van der Waals surface area contributed by atoms with Crippen LogP contribution in [0.2, 0.25) is 0 Å². The van der Waals surface area contributed by atoms with Crippen molar-refractivity contribution in [3.05, 3.63) is 88.9 Å². The molecule has 0 atom stereocenters. The van der Waals surface area contributed by atoms with Gasteiger partial charge >= 0.3 is 0 Å². The molecule has 1 aromatic heterocycles. The second kappa shape index (κ2) is 6.93. The smallest absolute Gasteiger partial charge is 0.270 e.